The van der Waals surface area contributed by atoms with Gasteiger partial charge in [0.15, 0.2) is 11.5 Å². The summed E-state index contributed by atoms with van der Waals surface area (Å²) in [6, 6.07) is 19.2. The summed E-state index contributed by atoms with van der Waals surface area (Å²) in [4.78, 5) is 25.0. The van der Waals surface area contributed by atoms with Crippen LogP contribution in [-0.4, -0.2) is 41.4 Å². The van der Waals surface area contributed by atoms with E-state index in [-0.39, 0.29) is 28.9 Å². The van der Waals surface area contributed by atoms with E-state index in [0.717, 1.165) is 0 Å². The lowest BCUT2D eigenvalue weighted by Gasteiger charge is -2.04. The Morgan fingerprint density at radius 1 is 0.638 bits per heavy atom. The summed E-state index contributed by atoms with van der Waals surface area (Å²) in [7, 11) is -1.83. The molecule has 0 aliphatic carbocycles. The van der Waals surface area contributed by atoms with Crippen molar-refractivity contribution >= 4 is 83.2 Å². The van der Waals surface area contributed by atoms with E-state index in [1.165, 1.54) is 85.2 Å². The molecule has 2 amide bonds. The summed E-state index contributed by atoms with van der Waals surface area (Å²) in [5.41, 5.74) is 5.41. The zero-order chi connectivity index (χ0) is 33.5. The normalized spacial score (nSPS) is 11.2. The molecule has 2 aromatic heterocycles. The summed E-state index contributed by atoms with van der Waals surface area (Å²) in [6.07, 6.45) is 2.51. The second-order valence-corrected chi connectivity index (χ2v) is 11.1. The van der Waals surface area contributed by atoms with Crippen molar-refractivity contribution in [3.63, 3.8) is 0 Å². The molecule has 47 heavy (non-hydrogen) atoms. The maximum Gasteiger partial charge on any atom is 0.488 e. The molecule has 5 aromatic rings. The highest BCUT2D eigenvalue weighted by Crippen LogP contribution is 2.30. The first-order valence-corrected chi connectivity index (χ1v) is 14.7. The Kier molecular flexibility index (Phi) is 10.9. The maximum absolute atomic E-state index is 12.5. The van der Waals surface area contributed by atoms with Crippen molar-refractivity contribution in [1.82, 2.24) is 10.9 Å². The number of nitrogens with one attached hydrogen (secondary N) is 2. The van der Waals surface area contributed by atoms with Gasteiger partial charge in [0.25, 0.3) is 11.9 Å². The van der Waals surface area contributed by atoms with Crippen molar-refractivity contribution in [1.29, 1.82) is 0 Å². The molecule has 0 saturated heterocycles. The number of rotatable bonds is 11. The number of ether oxygens (including phenoxy) is 2. The van der Waals surface area contributed by atoms with Crippen LogP contribution in [0.5, 0.6) is 23.4 Å². The largest absolute Gasteiger partial charge is 0.488 e. The predicted molar refractivity (Wildman–Crippen MR) is 177 cm³/mol. The van der Waals surface area contributed by atoms with Gasteiger partial charge in [-0.15, -0.1) is 0 Å². The molecule has 0 atom stereocenters. The summed E-state index contributed by atoms with van der Waals surface area (Å²) >= 11 is 23.9. The molecule has 0 aliphatic rings. The molecular weight excluding hydrogens is 697 g/mol. The zero-order valence-electron chi connectivity index (χ0n) is 23.5. The van der Waals surface area contributed by atoms with E-state index in [2.05, 4.69) is 21.1 Å². The first-order valence-electron chi connectivity index (χ1n) is 13.2. The van der Waals surface area contributed by atoms with Crippen LogP contribution in [-0.2, 0) is 0 Å². The number of hydrogen-bond donors (Lipinski definition) is 4. The number of amides is 2. The average Bonchev–Trinajstić information content (AvgIpc) is 3.66. The van der Waals surface area contributed by atoms with Gasteiger partial charge in [-0.3, -0.25) is 9.59 Å². The Morgan fingerprint density at radius 3 is 1.43 bits per heavy atom. The average molecular weight is 716 g/mol. The standard InChI is InChI=1S/C30H19BCl4N4O8/c32-19-8-20(33)11-23(10-19)44-27-3-1-25(46-27)29(40)38-36-14-16-5-17(7-18(6-16)31(42)43)15-37-39-30(41)26-2-4-28(47-26)45-24-12-21(34)9-22(35)13-24/h1-15,42-43H,(H,38,40)(H,39,41)/b36-14+,37-15+. The van der Waals surface area contributed by atoms with Crippen molar-refractivity contribution < 1.29 is 37.9 Å². The second kappa shape index (κ2) is 15.2. The van der Waals surface area contributed by atoms with Crippen LogP contribution < -0.4 is 25.8 Å². The molecule has 0 fully saturated rings. The van der Waals surface area contributed by atoms with Gasteiger partial charge in [-0.25, -0.2) is 10.9 Å². The van der Waals surface area contributed by atoms with Crippen LogP contribution in [0.2, 0.25) is 20.1 Å². The smallest absolute Gasteiger partial charge is 0.426 e. The molecule has 4 N–H and O–H groups in total. The first-order chi connectivity index (χ1) is 22.5. The minimum absolute atomic E-state index is 0.0156. The van der Waals surface area contributed by atoms with Gasteiger partial charge in [0.1, 0.15) is 11.5 Å². The SMILES string of the molecule is O=C(N/N=C/c1cc(/C=N/NC(=O)c2ccc(Oc3cc(Cl)cc(Cl)c3)o2)cc(B(O)O)c1)c1ccc(Oc2cc(Cl)cc(Cl)c2)o1. The quantitative estimate of drug-likeness (QED) is 0.0704. The number of nitrogens with zero attached hydrogens (tertiary/aromatic N) is 2. The van der Waals surface area contributed by atoms with Crippen molar-refractivity contribution in [3.05, 3.63) is 122 Å². The van der Waals surface area contributed by atoms with E-state index in [9.17, 15) is 19.6 Å². The molecule has 0 bridgehead atoms. The number of hydrazone groups is 2. The third-order valence-corrected chi connectivity index (χ3v) is 6.65. The molecule has 2 heterocycles. The van der Waals surface area contributed by atoms with Crippen LogP contribution in [0.3, 0.4) is 0 Å². The minimum atomic E-state index is -1.83. The Balaban J connectivity index is 1.19. The Morgan fingerprint density at radius 2 is 1.04 bits per heavy atom. The van der Waals surface area contributed by atoms with Crippen LogP contribution in [0.4, 0.5) is 0 Å². The highest BCUT2D eigenvalue weighted by Gasteiger charge is 2.15. The number of carbonyl (C=O) groups excluding carboxylic acids is 2. The van der Waals surface area contributed by atoms with Crippen LogP contribution in [0, 0.1) is 0 Å². The summed E-state index contributed by atoms with van der Waals surface area (Å²) in [5, 5.41) is 28.7. The van der Waals surface area contributed by atoms with Gasteiger partial charge >= 0.3 is 18.9 Å². The Bertz CT molecular complexity index is 1820. The highest BCUT2D eigenvalue weighted by atomic mass is 35.5. The number of furan rings is 2. The number of halogens is 4. The van der Waals surface area contributed by atoms with E-state index in [4.69, 9.17) is 64.7 Å². The number of hydrogen-bond acceptors (Lipinski definition) is 10. The van der Waals surface area contributed by atoms with Gasteiger partial charge in [-0.1, -0.05) is 58.5 Å². The summed E-state index contributed by atoms with van der Waals surface area (Å²) < 4.78 is 21.9. The highest BCUT2D eigenvalue weighted by molar-refractivity contribution is 6.58. The molecule has 3 aromatic carbocycles. The molecular formula is C30H19BCl4N4O8. The Labute approximate surface area is 286 Å². The summed E-state index contributed by atoms with van der Waals surface area (Å²) in [6.45, 7) is 0. The minimum Gasteiger partial charge on any atom is -0.426 e. The fourth-order valence-corrected chi connectivity index (χ4v) is 4.85. The molecule has 0 aliphatic heterocycles. The number of benzene rings is 3. The molecule has 238 valence electrons. The summed E-state index contributed by atoms with van der Waals surface area (Å²) in [5.74, 6) is -0.921. The second-order valence-electron chi connectivity index (χ2n) is 9.36. The van der Waals surface area contributed by atoms with Crippen molar-refractivity contribution in [2.45, 2.75) is 0 Å². The molecule has 0 radical (unpaired) electrons. The molecule has 0 saturated carbocycles. The third-order valence-electron chi connectivity index (χ3n) is 5.78. The molecule has 0 unspecified atom stereocenters. The molecule has 17 heteroatoms. The lowest BCUT2D eigenvalue weighted by atomic mass is 9.79. The van der Waals surface area contributed by atoms with Crippen LogP contribution >= 0.6 is 46.4 Å². The molecule has 12 nitrogen and oxygen atoms in total. The zero-order valence-corrected chi connectivity index (χ0v) is 26.5. The van der Waals surface area contributed by atoms with Gasteiger partial charge in [-0.2, -0.15) is 10.2 Å². The van der Waals surface area contributed by atoms with Crippen LogP contribution in [0.15, 0.2) is 97.9 Å². The molecule has 5 rings (SSSR count). The fourth-order valence-electron chi connectivity index (χ4n) is 3.84. The van der Waals surface area contributed by atoms with Gasteiger partial charge < -0.3 is 28.4 Å². The van der Waals surface area contributed by atoms with Crippen LogP contribution in [0.25, 0.3) is 0 Å². The van der Waals surface area contributed by atoms with Crippen molar-refractivity contribution in [2.75, 3.05) is 0 Å². The third kappa shape index (κ3) is 9.62. The van der Waals surface area contributed by atoms with Crippen LogP contribution in [0.1, 0.15) is 32.2 Å². The van der Waals surface area contributed by atoms with E-state index >= 15 is 0 Å². The lowest BCUT2D eigenvalue weighted by Crippen LogP contribution is -2.30. The van der Waals surface area contributed by atoms with E-state index in [0.29, 0.717) is 42.7 Å². The first kappa shape index (κ1) is 33.6. The Hall–Kier alpha value is -4.76. The fraction of sp³-hybridized carbons (Fsp3) is 0. The topological polar surface area (TPSA) is 168 Å². The van der Waals surface area contributed by atoms with Crippen molar-refractivity contribution in [2.24, 2.45) is 10.2 Å². The van der Waals surface area contributed by atoms with Crippen molar-refractivity contribution in [3.8, 4) is 23.4 Å². The van der Waals surface area contributed by atoms with Gasteiger partial charge in [0.2, 0.25) is 0 Å². The number of carbonyl (C=O) groups is 2. The van der Waals surface area contributed by atoms with Gasteiger partial charge in [-0.05, 0) is 71.2 Å². The predicted octanol–water partition coefficient (Wildman–Crippen LogP) is 6.28. The van der Waals surface area contributed by atoms with E-state index in [1.54, 1.807) is 6.07 Å². The van der Waals surface area contributed by atoms with E-state index < -0.39 is 18.9 Å². The lowest BCUT2D eigenvalue weighted by molar-refractivity contribution is 0.0916. The van der Waals surface area contributed by atoms with E-state index in [1.807, 2.05) is 0 Å². The van der Waals surface area contributed by atoms with Gasteiger partial charge in [0, 0.05) is 32.2 Å². The monoisotopic (exact) mass is 714 g/mol. The van der Waals surface area contributed by atoms with Gasteiger partial charge in [0.05, 0.1) is 12.4 Å². The molecule has 0 spiro atoms. The maximum atomic E-state index is 12.5.